The highest BCUT2D eigenvalue weighted by Gasteiger charge is 2.15. The van der Waals surface area contributed by atoms with Crippen LogP contribution in [0.25, 0.3) is 0 Å². The lowest BCUT2D eigenvalue weighted by Crippen LogP contribution is -2.31. The van der Waals surface area contributed by atoms with Crippen molar-refractivity contribution in [3.63, 3.8) is 0 Å². The third-order valence-electron chi connectivity index (χ3n) is 1.51. The Balaban J connectivity index is 3.05. The van der Waals surface area contributed by atoms with Crippen molar-refractivity contribution in [2.45, 2.75) is 19.9 Å². The van der Waals surface area contributed by atoms with Crippen molar-refractivity contribution in [3.8, 4) is 0 Å². The summed E-state index contributed by atoms with van der Waals surface area (Å²) < 4.78 is 16.0. The number of hydrogen-bond acceptors (Lipinski definition) is 0. The van der Waals surface area contributed by atoms with Gasteiger partial charge in [0.25, 0.3) is 0 Å². The number of aromatic nitrogens is 2. The van der Waals surface area contributed by atoms with Gasteiger partial charge < -0.3 is 0 Å². The number of halogens is 1. The van der Waals surface area contributed by atoms with E-state index in [2.05, 4.69) is 0 Å². The van der Waals surface area contributed by atoms with Gasteiger partial charge in [-0.25, -0.2) is 9.13 Å². The van der Waals surface area contributed by atoms with Crippen LogP contribution in [0.4, 0.5) is 4.39 Å². The summed E-state index contributed by atoms with van der Waals surface area (Å²) in [6.45, 7) is 3.90. The highest BCUT2D eigenvalue weighted by atomic mass is 19.1. The van der Waals surface area contributed by atoms with Crippen LogP contribution < -0.4 is 4.57 Å². The van der Waals surface area contributed by atoms with Crippen LogP contribution >= 0.6 is 0 Å². The standard InChI is InChI=1S/C7H12FN2/c1-6(2)10-5-4-9(3)7(10)8/h4-6H,1-3H3/q+1. The zero-order valence-electron chi connectivity index (χ0n) is 6.50. The molecule has 0 aromatic carbocycles. The van der Waals surface area contributed by atoms with Crippen molar-refractivity contribution in [2.75, 3.05) is 0 Å². The minimum Gasteiger partial charge on any atom is -0.207 e. The van der Waals surface area contributed by atoms with Gasteiger partial charge in [0.2, 0.25) is 0 Å². The Morgan fingerprint density at radius 1 is 1.60 bits per heavy atom. The summed E-state index contributed by atoms with van der Waals surface area (Å²) in [7, 11) is 1.69. The van der Waals surface area contributed by atoms with E-state index < -0.39 is 0 Å². The molecule has 10 heavy (non-hydrogen) atoms. The van der Waals surface area contributed by atoms with Crippen LogP contribution in [0.1, 0.15) is 19.9 Å². The van der Waals surface area contributed by atoms with Crippen molar-refractivity contribution in [2.24, 2.45) is 7.05 Å². The molecule has 0 spiro atoms. The van der Waals surface area contributed by atoms with Crippen LogP contribution in [0, 0.1) is 6.08 Å². The molecule has 0 aliphatic heterocycles. The Bertz CT molecular complexity index is 228. The molecule has 2 nitrogen and oxygen atoms in total. The van der Waals surface area contributed by atoms with E-state index in [-0.39, 0.29) is 12.1 Å². The van der Waals surface area contributed by atoms with Crippen LogP contribution in [-0.4, -0.2) is 4.57 Å². The molecule has 0 amide bonds. The summed E-state index contributed by atoms with van der Waals surface area (Å²) in [5.74, 6) is 0. The van der Waals surface area contributed by atoms with Crippen LogP contribution in [0.5, 0.6) is 0 Å². The summed E-state index contributed by atoms with van der Waals surface area (Å²) in [4.78, 5) is 0. The topological polar surface area (TPSA) is 8.81 Å². The number of rotatable bonds is 1. The van der Waals surface area contributed by atoms with Gasteiger partial charge in [0.15, 0.2) is 0 Å². The molecule has 0 bridgehead atoms. The van der Waals surface area contributed by atoms with Crippen molar-refractivity contribution in [1.29, 1.82) is 0 Å². The van der Waals surface area contributed by atoms with Gasteiger partial charge in [0.1, 0.15) is 12.4 Å². The van der Waals surface area contributed by atoms with E-state index in [1.807, 2.05) is 13.8 Å². The van der Waals surface area contributed by atoms with Crippen molar-refractivity contribution >= 4 is 0 Å². The van der Waals surface area contributed by atoms with Gasteiger partial charge in [0, 0.05) is 0 Å². The normalized spacial score (nSPS) is 10.9. The number of hydrogen-bond donors (Lipinski definition) is 0. The highest BCUT2D eigenvalue weighted by molar-refractivity contribution is 4.72. The summed E-state index contributed by atoms with van der Waals surface area (Å²) in [5, 5.41) is 0. The molecule has 0 saturated carbocycles. The molecule has 0 atom stereocenters. The summed E-state index contributed by atoms with van der Waals surface area (Å²) in [6, 6.07) is 0.196. The molecule has 3 heteroatoms. The summed E-state index contributed by atoms with van der Waals surface area (Å²) >= 11 is 0. The first-order chi connectivity index (χ1) is 4.63. The van der Waals surface area contributed by atoms with Crippen LogP contribution in [-0.2, 0) is 7.05 Å². The maximum atomic E-state index is 12.9. The van der Waals surface area contributed by atoms with Gasteiger partial charge in [-0.15, -0.1) is 4.39 Å². The third-order valence-corrected chi connectivity index (χ3v) is 1.51. The van der Waals surface area contributed by atoms with E-state index in [9.17, 15) is 4.39 Å². The molecule has 0 unspecified atom stereocenters. The van der Waals surface area contributed by atoms with Gasteiger partial charge in [-0.05, 0) is 13.8 Å². The molecule has 1 heterocycles. The van der Waals surface area contributed by atoms with E-state index in [4.69, 9.17) is 0 Å². The summed E-state index contributed by atoms with van der Waals surface area (Å²) in [6.07, 6.45) is 3.24. The molecule has 0 saturated heterocycles. The average Bonchev–Trinajstić information content (AvgIpc) is 2.14. The van der Waals surface area contributed by atoms with Crippen molar-refractivity contribution < 1.29 is 8.96 Å². The van der Waals surface area contributed by atoms with Crippen LogP contribution in [0.15, 0.2) is 12.4 Å². The zero-order chi connectivity index (χ0) is 7.72. The maximum Gasteiger partial charge on any atom is 0.445 e. The van der Waals surface area contributed by atoms with E-state index >= 15 is 0 Å². The lowest BCUT2D eigenvalue weighted by Gasteiger charge is -1.97. The first-order valence-corrected chi connectivity index (χ1v) is 3.35. The molecule has 1 rings (SSSR count). The Kier molecular flexibility index (Phi) is 1.74. The van der Waals surface area contributed by atoms with E-state index in [1.54, 1.807) is 24.0 Å². The van der Waals surface area contributed by atoms with Crippen LogP contribution in [0.2, 0.25) is 0 Å². The molecule has 1 aromatic rings. The number of aryl methyl sites for hydroxylation is 1. The predicted molar refractivity (Wildman–Crippen MR) is 36.0 cm³/mol. The Morgan fingerprint density at radius 3 is 2.40 bits per heavy atom. The van der Waals surface area contributed by atoms with Gasteiger partial charge in [-0.3, -0.25) is 0 Å². The Labute approximate surface area is 59.9 Å². The second-order valence-electron chi connectivity index (χ2n) is 2.68. The fraction of sp³-hybridized carbons (Fsp3) is 0.571. The zero-order valence-corrected chi connectivity index (χ0v) is 6.50. The smallest absolute Gasteiger partial charge is 0.207 e. The average molecular weight is 143 g/mol. The van der Waals surface area contributed by atoms with E-state index in [1.165, 1.54) is 4.57 Å². The molecular weight excluding hydrogens is 131 g/mol. The predicted octanol–water partition coefficient (Wildman–Crippen LogP) is 1.03. The fourth-order valence-electron chi connectivity index (χ4n) is 0.862. The van der Waals surface area contributed by atoms with Crippen molar-refractivity contribution in [1.82, 2.24) is 4.57 Å². The highest BCUT2D eigenvalue weighted by Crippen LogP contribution is 2.03. The molecule has 56 valence electrons. The molecule has 0 aliphatic carbocycles. The first-order valence-electron chi connectivity index (χ1n) is 3.35. The van der Waals surface area contributed by atoms with Crippen molar-refractivity contribution in [3.05, 3.63) is 18.5 Å². The van der Waals surface area contributed by atoms with Gasteiger partial charge >= 0.3 is 6.08 Å². The first kappa shape index (κ1) is 7.25. The van der Waals surface area contributed by atoms with Gasteiger partial charge in [0.05, 0.1) is 13.1 Å². The quantitative estimate of drug-likeness (QED) is 0.519. The van der Waals surface area contributed by atoms with E-state index in [0.29, 0.717) is 0 Å². The largest absolute Gasteiger partial charge is 0.445 e. The number of nitrogens with zero attached hydrogens (tertiary/aromatic N) is 2. The molecule has 0 N–H and O–H groups in total. The monoisotopic (exact) mass is 143 g/mol. The molecule has 1 aromatic heterocycles. The maximum absolute atomic E-state index is 12.9. The van der Waals surface area contributed by atoms with Crippen LogP contribution in [0.3, 0.4) is 0 Å². The van der Waals surface area contributed by atoms with E-state index in [0.717, 1.165) is 0 Å². The summed E-state index contributed by atoms with van der Waals surface area (Å²) in [5.41, 5.74) is 0. The minimum absolute atomic E-state index is 0.196. The molecule has 0 aliphatic rings. The molecule has 0 radical (unpaired) electrons. The Hall–Kier alpha value is -0.860. The third kappa shape index (κ3) is 1.03. The molecular formula is C7H12FN2+. The fourth-order valence-corrected chi connectivity index (χ4v) is 0.862. The number of imidazole rings is 1. The molecule has 0 fully saturated rings. The van der Waals surface area contributed by atoms with Gasteiger partial charge in [-0.2, -0.15) is 0 Å². The van der Waals surface area contributed by atoms with Gasteiger partial charge in [-0.1, -0.05) is 0 Å². The minimum atomic E-state index is -0.199. The SMILES string of the molecule is CC(C)n1cc[n+](C)c1F. The Morgan fingerprint density at radius 2 is 2.20 bits per heavy atom. The lowest BCUT2D eigenvalue weighted by atomic mass is 10.4. The lowest BCUT2D eigenvalue weighted by molar-refractivity contribution is -0.700. The second-order valence-corrected chi connectivity index (χ2v) is 2.68. The second kappa shape index (κ2) is 2.40.